The van der Waals surface area contributed by atoms with Gasteiger partial charge in [0.15, 0.2) is 0 Å². The smallest absolute Gasteiger partial charge is 0.0971 e. The molecule has 0 unspecified atom stereocenters. The molecule has 56 heavy (non-hydrogen) atoms. The van der Waals surface area contributed by atoms with Crippen LogP contribution < -0.4 is 0 Å². The fraction of sp³-hybridized carbons (Fsp3) is 0. The molecule has 0 spiro atoms. The fourth-order valence-corrected chi connectivity index (χ4v) is 8.46. The molecule has 12 aromatic rings. The molecule has 0 atom stereocenters. The Morgan fingerprint density at radius 2 is 0.929 bits per heavy atom. The average Bonchev–Trinajstić information content (AvgIpc) is 3.27. The predicted molar refractivity (Wildman–Crippen MR) is 225 cm³/mol. The van der Waals surface area contributed by atoms with Crippen molar-refractivity contribution in [1.29, 1.82) is 0 Å². The van der Waals surface area contributed by atoms with Crippen molar-refractivity contribution < 1.29 is 0 Å². The molecular weight excluding hydrogens is 689 g/mol. The molecule has 0 saturated carbocycles. The van der Waals surface area contributed by atoms with Gasteiger partial charge in [-0.3, -0.25) is 34.9 Å². The molecule has 8 heteroatoms. The van der Waals surface area contributed by atoms with Gasteiger partial charge in [-0.2, -0.15) is 0 Å². The van der Waals surface area contributed by atoms with Crippen molar-refractivity contribution in [1.82, 2.24) is 39.9 Å². The zero-order valence-corrected chi connectivity index (χ0v) is 29.6. The third kappa shape index (κ3) is 4.47. The fourth-order valence-electron chi connectivity index (χ4n) is 8.46. The van der Waals surface area contributed by atoms with Gasteiger partial charge in [0.2, 0.25) is 0 Å². The summed E-state index contributed by atoms with van der Waals surface area (Å²) in [5.41, 5.74) is 10.5. The third-order valence-electron chi connectivity index (χ3n) is 11.0. The summed E-state index contributed by atoms with van der Waals surface area (Å²) in [4.78, 5) is 39.6. The van der Waals surface area contributed by atoms with Crippen molar-refractivity contribution in [2.24, 2.45) is 0 Å². The van der Waals surface area contributed by atoms with Gasteiger partial charge in [-0.1, -0.05) is 60.7 Å². The minimum absolute atomic E-state index is 0.807. The van der Waals surface area contributed by atoms with Crippen LogP contribution in [0.1, 0.15) is 0 Å². The lowest BCUT2D eigenvalue weighted by atomic mass is 9.88. The standard InChI is InChI=1S/C48H26N8/c1-5-28-9-10-31-23-32(25-55-43(31)41(28)50-17-1)39-36-14-11-27-15-21-49-26-38(27)40(36)46(37-24-30-7-3-19-52-44(30)47-33(37)8-4-20-53-47)56-45(39)35-16-22-54-48-34(35)13-12-29-6-2-18-51-42(29)48/h1-26H. The van der Waals surface area contributed by atoms with Crippen LogP contribution in [0.4, 0.5) is 0 Å². The van der Waals surface area contributed by atoms with Gasteiger partial charge in [0.05, 0.1) is 44.5 Å². The molecule has 258 valence electrons. The molecule has 0 aliphatic carbocycles. The Morgan fingerprint density at radius 1 is 0.339 bits per heavy atom. The van der Waals surface area contributed by atoms with Gasteiger partial charge in [0.1, 0.15) is 0 Å². The highest BCUT2D eigenvalue weighted by Gasteiger charge is 2.24. The SMILES string of the molecule is c1cnc2c(c1)ccc1cc(-c3c(-c4ccnc5c4ccc4cccnc45)nc(-c4cc5cccnc5c5ncccc45)c4c3ccc3ccncc34)cnc12. The van der Waals surface area contributed by atoms with Crippen LogP contribution in [0.15, 0.2) is 159 Å². The summed E-state index contributed by atoms with van der Waals surface area (Å²) in [6.07, 6.45) is 14.9. The molecule has 0 aliphatic rings. The molecular formula is C48H26N8. The van der Waals surface area contributed by atoms with Gasteiger partial charge in [-0.15, -0.1) is 0 Å². The third-order valence-corrected chi connectivity index (χ3v) is 11.0. The lowest BCUT2D eigenvalue weighted by molar-refractivity contribution is 1.33. The molecule has 8 heterocycles. The second-order valence-corrected chi connectivity index (χ2v) is 14.0. The molecule has 0 radical (unpaired) electrons. The van der Waals surface area contributed by atoms with Crippen LogP contribution in [-0.4, -0.2) is 39.9 Å². The Hall–Kier alpha value is -7.84. The maximum absolute atomic E-state index is 5.82. The Balaban J connectivity index is 1.28. The lowest BCUT2D eigenvalue weighted by Crippen LogP contribution is -2.00. The van der Waals surface area contributed by atoms with E-state index < -0.39 is 0 Å². The van der Waals surface area contributed by atoms with E-state index in [1.807, 2.05) is 73.8 Å². The molecule has 0 saturated heterocycles. The largest absolute Gasteiger partial charge is 0.264 e. The van der Waals surface area contributed by atoms with Crippen LogP contribution in [0.25, 0.3) is 121 Å². The van der Waals surface area contributed by atoms with E-state index in [9.17, 15) is 0 Å². The maximum atomic E-state index is 5.82. The number of aromatic nitrogens is 8. The van der Waals surface area contributed by atoms with Crippen LogP contribution >= 0.6 is 0 Å². The first-order valence-corrected chi connectivity index (χ1v) is 18.4. The van der Waals surface area contributed by atoms with Crippen LogP contribution in [0.2, 0.25) is 0 Å². The van der Waals surface area contributed by atoms with Gasteiger partial charge in [0, 0.05) is 115 Å². The molecule has 4 aromatic carbocycles. The Kier molecular flexibility index (Phi) is 6.47. The summed E-state index contributed by atoms with van der Waals surface area (Å²) in [5.74, 6) is 0. The zero-order chi connectivity index (χ0) is 36.7. The number of benzene rings is 4. The molecule has 0 amide bonds. The van der Waals surface area contributed by atoms with Gasteiger partial charge >= 0.3 is 0 Å². The van der Waals surface area contributed by atoms with Crippen LogP contribution in [0.3, 0.4) is 0 Å². The Morgan fingerprint density at radius 3 is 1.75 bits per heavy atom. The van der Waals surface area contributed by atoms with Crippen LogP contribution in [-0.2, 0) is 0 Å². The highest BCUT2D eigenvalue weighted by atomic mass is 14.8. The van der Waals surface area contributed by atoms with E-state index in [4.69, 9.17) is 34.9 Å². The van der Waals surface area contributed by atoms with Crippen molar-refractivity contribution in [2.45, 2.75) is 0 Å². The number of hydrogen-bond acceptors (Lipinski definition) is 8. The van der Waals surface area contributed by atoms with Crippen molar-refractivity contribution >= 4 is 87.0 Å². The minimum atomic E-state index is 0.807. The Labute approximate surface area is 318 Å². The summed E-state index contributed by atoms with van der Waals surface area (Å²) in [7, 11) is 0. The lowest BCUT2D eigenvalue weighted by Gasteiger charge is -2.20. The maximum Gasteiger partial charge on any atom is 0.0971 e. The predicted octanol–water partition coefficient (Wildman–Crippen LogP) is 11.1. The van der Waals surface area contributed by atoms with E-state index >= 15 is 0 Å². The summed E-state index contributed by atoms with van der Waals surface area (Å²) in [6, 6.07) is 37.6. The van der Waals surface area contributed by atoms with E-state index in [-0.39, 0.29) is 0 Å². The van der Waals surface area contributed by atoms with E-state index in [0.29, 0.717) is 0 Å². The molecule has 0 bridgehead atoms. The summed E-state index contributed by atoms with van der Waals surface area (Å²) in [5, 5.41) is 10.1. The topological polar surface area (TPSA) is 103 Å². The quantitative estimate of drug-likeness (QED) is 0.167. The highest BCUT2D eigenvalue weighted by Crippen LogP contribution is 2.47. The Bertz CT molecular complexity index is 3620. The minimum Gasteiger partial charge on any atom is -0.264 e. The second kappa shape index (κ2) is 11.8. The summed E-state index contributed by atoms with van der Waals surface area (Å²) in [6.45, 7) is 0. The van der Waals surface area contributed by atoms with Crippen LogP contribution in [0, 0.1) is 0 Å². The summed E-state index contributed by atoms with van der Waals surface area (Å²) >= 11 is 0. The molecule has 0 fully saturated rings. The molecule has 8 nitrogen and oxygen atoms in total. The first-order chi connectivity index (χ1) is 27.8. The number of fused-ring (bicyclic) bond motifs is 12. The number of pyridine rings is 8. The first-order valence-electron chi connectivity index (χ1n) is 18.4. The molecule has 8 aromatic heterocycles. The van der Waals surface area contributed by atoms with Gasteiger partial charge in [-0.05, 0) is 59.3 Å². The molecule has 0 aliphatic heterocycles. The van der Waals surface area contributed by atoms with Crippen molar-refractivity contribution in [3.63, 3.8) is 0 Å². The van der Waals surface area contributed by atoms with Gasteiger partial charge < -0.3 is 0 Å². The van der Waals surface area contributed by atoms with Gasteiger partial charge in [0.25, 0.3) is 0 Å². The van der Waals surface area contributed by atoms with E-state index in [2.05, 4.69) is 89.9 Å². The molecule has 12 rings (SSSR count). The zero-order valence-electron chi connectivity index (χ0n) is 29.6. The van der Waals surface area contributed by atoms with Gasteiger partial charge in [-0.25, -0.2) is 4.98 Å². The first kappa shape index (κ1) is 30.6. The number of hydrogen-bond donors (Lipinski definition) is 0. The van der Waals surface area contributed by atoms with E-state index in [1.54, 1.807) is 0 Å². The van der Waals surface area contributed by atoms with Crippen molar-refractivity contribution in [3.8, 4) is 33.6 Å². The highest BCUT2D eigenvalue weighted by molar-refractivity contribution is 6.23. The normalized spacial score (nSPS) is 11.9. The van der Waals surface area contributed by atoms with E-state index in [1.165, 1.54) is 0 Å². The monoisotopic (exact) mass is 714 g/mol. The van der Waals surface area contributed by atoms with Crippen LogP contribution in [0.5, 0.6) is 0 Å². The average molecular weight is 715 g/mol. The molecule has 0 N–H and O–H groups in total. The van der Waals surface area contributed by atoms with E-state index in [0.717, 1.165) is 121 Å². The number of rotatable bonds is 3. The van der Waals surface area contributed by atoms with Crippen molar-refractivity contribution in [3.05, 3.63) is 159 Å². The van der Waals surface area contributed by atoms with Crippen molar-refractivity contribution in [2.75, 3.05) is 0 Å². The second-order valence-electron chi connectivity index (χ2n) is 14.0. The number of nitrogens with zero attached hydrogens (tertiary/aromatic N) is 8. The summed E-state index contributed by atoms with van der Waals surface area (Å²) < 4.78 is 0.